The lowest BCUT2D eigenvalue weighted by molar-refractivity contribution is 0.282. The molecule has 2 aromatic heterocycles. The maximum atomic E-state index is 4.71. The van der Waals surface area contributed by atoms with Crippen molar-refractivity contribution in [1.82, 2.24) is 14.9 Å². The van der Waals surface area contributed by atoms with E-state index in [0.29, 0.717) is 5.25 Å². The molecule has 0 radical (unpaired) electrons. The van der Waals surface area contributed by atoms with Crippen LogP contribution < -0.4 is 0 Å². The molecule has 0 atom stereocenters. The van der Waals surface area contributed by atoms with E-state index in [4.69, 9.17) is 4.98 Å². The van der Waals surface area contributed by atoms with Crippen molar-refractivity contribution in [3.63, 3.8) is 0 Å². The van der Waals surface area contributed by atoms with Crippen molar-refractivity contribution in [2.45, 2.75) is 36.5 Å². The second kappa shape index (κ2) is 7.97. The van der Waals surface area contributed by atoms with Crippen molar-refractivity contribution in [3.05, 3.63) is 39.9 Å². The Morgan fingerprint density at radius 1 is 1.19 bits per heavy atom. The molecular formula is C20H22BrN3S2. The molecule has 26 heavy (non-hydrogen) atoms. The van der Waals surface area contributed by atoms with E-state index in [1.807, 2.05) is 23.1 Å². The third kappa shape index (κ3) is 3.70. The summed E-state index contributed by atoms with van der Waals surface area (Å²) in [4.78, 5) is 14.2. The van der Waals surface area contributed by atoms with Crippen LogP contribution in [0.3, 0.4) is 0 Å². The molecule has 1 aromatic carbocycles. The minimum absolute atomic E-state index is 0.645. The summed E-state index contributed by atoms with van der Waals surface area (Å²) in [5, 5.41) is 3.05. The Labute approximate surface area is 171 Å². The molecule has 3 heterocycles. The lowest BCUT2D eigenvalue weighted by Crippen LogP contribution is -2.31. The van der Waals surface area contributed by atoms with E-state index in [0.717, 1.165) is 20.7 Å². The summed E-state index contributed by atoms with van der Waals surface area (Å²) in [6.07, 6.45) is 5.21. The van der Waals surface area contributed by atoms with E-state index in [1.54, 1.807) is 6.33 Å². The van der Waals surface area contributed by atoms with Gasteiger partial charge in [-0.25, -0.2) is 9.97 Å². The molecule has 0 spiro atoms. The Bertz CT molecular complexity index is 899. The van der Waals surface area contributed by atoms with Gasteiger partial charge in [-0.2, -0.15) is 0 Å². The van der Waals surface area contributed by atoms with E-state index in [9.17, 15) is 0 Å². The Morgan fingerprint density at radius 2 is 1.92 bits per heavy atom. The number of piperidine rings is 1. The normalized spacial score (nSPS) is 16.4. The molecule has 1 fully saturated rings. The molecule has 6 heteroatoms. The zero-order valence-electron chi connectivity index (χ0n) is 15.0. The molecule has 1 aliphatic heterocycles. The van der Waals surface area contributed by atoms with Crippen molar-refractivity contribution in [3.8, 4) is 11.1 Å². The average Bonchev–Trinajstić information content (AvgIpc) is 3.04. The van der Waals surface area contributed by atoms with E-state index >= 15 is 0 Å². The zero-order valence-corrected chi connectivity index (χ0v) is 18.3. The fourth-order valence-corrected chi connectivity index (χ4v) is 6.09. The van der Waals surface area contributed by atoms with Crippen LogP contribution in [0.4, 0.5) is 0 Å². The van der Waals surface area contributed by atoms with Crippen LogP contribution in [0.5, 0.6) is 0 Å². The van der Waals surface area contributed by atoms with Crippen molar-refractivity contribution >= 4 is 49.2 Å². The second-order valence-corrected chi connectivity index (χ2v) is 10.0. The number of benzene rings is 1. The summed E-state index contributed by atoms with van der Waals surface area (Å²) in [6.45, 7) is 4.58. The molecule has 1 saturated heterocycles. The van der Waals surface area contributed by atoms with Crippen LogP contribution >= 0.6 is 39.0 Å². The van der Waals surface area contributed by atoms with Gasteiger partial charge in [0.1, 0.15) is 16.2 Å². The Kier molecular flexibility index (Phi) is 5.64. The molecular weight excluding hydrogens is 426 g/mol. The third-order valence-corrected chi connectivity index (χ3v) is 8.03. The van der Waals surface area contributed by atoms with Crippen molar-refractivity contribution < 1.29 is 0 Å². The van der Waals surface area contributed by atoms with Gasteiger partial charge in [0.05, 0.1) is 5.39 Å². The van der Waals surface area contributed by atoms with E-state index in [1.165, 1.54) is 47.3 Å². The van der Waals surface area contributed by atoms with Crippen LogP contribution in [0.1, 0.15) is 24.6 Å². The Hall–Kier alpha value is -0.950. The van der Waals surface area contributed by atoms with Crippen LogP contribution in [0.25, 0.3) is 21.3 Å². The third-order valence-electron chi connectivity index (χ3n) is 4.92. The monoisotopic (exact) mass is 447 g/mol. The molecule has 0 bridgehead atoms. The molecule has 136 valence electrons. The van der Waals surface area contributed by atoms with Gasteiger partial charge in [0.2, 0.25) is 0 Å². The largest absolute Gasteiger partial charge is 0.306 e. The fourth-order valence-electron chi connectivity index (χ4n) is 3.47. The molecule has 0 saturated carbocycles. The number of hydrogen-bond acceptors (Lipinski definition) is 5. The maximum Gasteiger partial charge on any atom is 0.128 e. The molecule has 3 nitrogen and oxygen atoms in total. The van der Waals surface area contributed by atoms with Crippen LogP contribution in [-0.4, -0.2) is 40.3 Å². The molecule has 4 rings (SSSR count). The summed E-state index contributed by atoms with van der Waals surface area (Å²) in [7, 11) is 2.21. The van der Waals surface area contributed by atoms with Gasteiger partial charge in [-0.1, -0.05) is 35.0 Å². The predicted molar refractivity (Wildman–Crippen MR) is 116 cm³/mol. The fraction of sp³-hybridized carbons (Fsp3) is 0.400. The van der Waals surface area contributed by atoms with Crippen LogP contribution in [0.15, 0.2) is 40.1 Å². The van der Waals surface area contributed by atoms with E-state index in [-0.39, 0.29) is 0 Å². The first kappa shape index (κ1) is 18.4. The number of likely N-dealkylation sites (tertiary alicyclic amines) is 1. The van der Waals surface area contributed by atoms with Gasteiger partial charge in [-0.3, -0.25) is 0 Å². The number of hydrogen-bond donors (Lipinski definition) is 0. The Morgan fingerprint density at radius 3 is 2.62 bits per heavy atom. The second-order valence-electron chi connectivity index (χ2n) is 6.74. The van der Waals surface area contributed by atoms with Gasteiger partial charge in [-0.15, -0.1) is 23.1 Å². The number of fused-ring (bicyclic) bond motifs is 1. The van der Waals surface area contributed by atoms with Gasteiger partial charge < -0.3 is 4.90 Å². The highest BCUT2D eigenvalue weighted by Crippen LogP contribution is 2.43. The summed E-state index contributed by atoms with van der Waals surface area (Å²) < 4.78 is 1.11. The minimum atomic E-state index is 0.645. The van der Waals surface area contributed by atoms with Gasteiger partial charge in [-0.05, 0) is 57.1 Å². The molecule has 0 amide bonds. The molecule has 0 N–H and O–H groups in total. The van der Waals surface area contributed by atoms with Crippen LogP contribution in [0, 0.1) is 0 Å². The molecule has 0 unspecified atom stereocenters. The predicted octanol–water partition coefficient (Wildman–Crippen LogP) is 5.87. The molecule has 0 aliphatic carbocycles. The summed E-state index contributed by atoms with van der Waals surface area (Å²) in [5.74, 6) is 0. The van der Waals surface area contributed by atoms with Crippen molar-refractivity contribution in [1.29, 1.82) is 0 Å². The number of thioether (sulfide) groups is 1. The SMILES string of the molecule is CCc1sc2ncnc(SC3CCN(C)CC3)c2c1-c1ccc(Br)cc1. The van der Waals surface area contributed by atoms with Gasteiger partial charge in [0.15, 0.2) is 0 Å². The number of thiophene rings is 1. The first-order valence-corrected chi connectivity index (χ1v) is 11.5. The zero-order chi connectivity index (χ0) is 18.1. The van der Waals surface area contributed by atoms with Gasteiger partial charge in [0.25, 0.3) is 0 Å². The lowest BCUT2D eigenvalue weighted by Gasteiger charge is -2.28. The number of nitrogens with zero attached hydrogens (tertiary/aromatic N) is 3. The van der Waals surface area contributed by atoms with Gasteiger partial charge >= 0.3 is 0 Å². The summed E-state index contributed by atoms with van der Waals surface area (Å²) in [6, 6.07) is 8.63. The van der Waals surface area contributed by atoms with E-state index in [2.05, 4.69) is 64.1 Å². The quantitative estimate of drug-likeness (QED) is 0.467. The summed E-state index contributed by atoms with van der Waals surface area (Å²) in [5.41, 5.74) is 2.59. The maximum absolute atomic E-state index is 4.71. The Balaban J connectivity index is 1.78. The van der Waals surface area contributed by atoms with Crippen molar-refractivity contribution in [2.24, 2.45) is 0 Å². The molecule has 3 aromatic rings. The van der Waals surface area contributed by atoms with E-state index < -0.39 is 0 Å². The van der Waals surface area contributed by atoms with Crippen molar-refractivity contribution in [2.75, 3.05) is 20.1 Å². The number of aryl methyl sites for hydroxylation is 1. The highest BCUT2D eigenvalue weighted by Gasteiger charge is 2.23. The summed E-state index contributed by atoms with van der Waals surface area (Å²) >= 11 is 7.32. The number of aromatic nitrogens is 2. The first-order chi connectivity index (χ1) is 12.7. The highest BCUT2D eigenvalue weighted by atomic mass is 79.9. The smallest absolute Gasteiger partial charge is 0.128 e. The molecule has 1 aliphatic rings. The topological polar surface area (TPSA) is 29.0 Å². The lowest BCUT2D eigenvalue weighted by atomic mass is 10.0. The number of rotatable bonds is 4. The minimum Gasteiger partial charge on any atom is -0.306 e. The highest BCUT2D eigenvalue weighted by molar-refractivity contribution is 9.10. The number of halogens is 1. The van der Waals surface area contributed by atoms with Gasteiger partial charge in [0, 0.05) is 20.2 Å². The standard InChI is InChI=1S/C20H22BrN3S2/c1-3-16-17(13-4-6-14(21)7-5-13)18-19(22-12-23-20(18)26-16)25-15-8-10-24(2)11-9-15/h4-7,12,15H,3,8-11H2,1-2H3. The first-order valence-electron chi connectivity index (χ1n) is 9.03. The average molecular weight is 448 g/mol. The van der Waals surface area contributed by atoms with Crippen LogP contribution in [0.2, 0.25) is 0 Å². The van der Waals surface area contributed by atoms with Crippen LogP contribution in [-0.2, 0) is 6.42 Å².